The number of carboxylic acid groups (broad SMARTS) is 1. The zero-order chi connectivity index (χ0) is 14.7. The van der Waals surface area contributed by atoms with Gasteiger partial charge in [-0.25, -0.2) is 9.78 Å². The Bertz CT molecular complexity index is 693. The number of benzene rings is 1. The smallest absolute Gasteiger partial charge is 0.342 e. The maximum absolute atomic E-state index is 11.0. The number of aromatic nitrogens is 1. The fraction of sp³-hybridized carbons (Fsp3) is 0. The molecule has 1 aromatic heterocycles. The summed E-state index contributed by atoms with van der Waals surface area (Å²) in [5.41, 5.74) is -0.890. The molecule has 0 saturated carbocycles. The van der Waals surface area contributed by atoms with Crippen LogP contribution >= 0.6 is 27.7 Å². The molecule has 20 heavy (non-hydrogen) atoms. The molecule has 1 N–H and O–H groups in total. The number of halogens is 1. The molecule has 0 aliphatic carbocycles. The van der Waals surface area contributed by atoms with Crippen LogP contribution < -0.4 is 0 Å². The second-order valence-corrected chi connectivity index (χ2v) is 5.67. The molecular weight excluding hydrogens is 348 g/mol. The molecule has 0 atom stereocenters. The summed E-state index contributed by atoms with van der Waals surface area (Å²) >= 11 is 4.55. The lowest BCUT2D eigenvalue weighted by Crippen LogP contribution is -2.03. The molecule has 0 unspecified atom stereocenters. The highest BCUT2D eigenvalue weighted by molar-refractivity contribution is 9.10. The average Bonchev–Trinajstić information content (AvgIpc) is 2.38. The Morgan fingerprint density at radius 1 is 1.40 bits per heavy atom. The Hall–Kier alpha value is -1.93. The van der Waals surface area contributed by atoms with Crippen LogP contribution in [-0.4, -0.2) is 21.0 Å². The predicted molar refractivity (Wildman–Crippen MR) is 76.1 cm³/mol. The van der Waals surface area contributed by atoms with Crippen molar-refractivity contribution in [1.82, 2.24) is 4.98 Å². The highest BCUT2D eigenvalue weighted by atomic mass is 79.9. The third-order valence-corrected chi connectivity index (χ3v) is 3.72. The average molecular weight is 355 g/mol. The predicted octanol–water partition coefficient (Wildman–Crippen LogP) is 3.60. The van der Waals surface area contributed by atoms with Gasteiger partial charge >= 0.3 is 11.7 Å². The normalized spacial score (nSPS) is 10.2. The first kappa shape index (κ1) is 14.5. The van der Waals surface area contributed by atoms with Gasteiger partial charge < -0.3 is 5.11 Å². The lowest BCUT2D eigenvalue weighted by Gasteiger charge is -2.03. The minimum Gasteiger partial charge on any atom is -0.477 e. The fourth-order valence-corrected chi connectivity index (χ4v) is 2.86. The summed E-state index contributed by atoms with van der Waals surface area (Å²) < 4.78 is 0.878. The van der Waals surface area contributed by atoms with Gasteiger partial charge in [-0.3, -0.25) is 10.1 Å². The Labute approximate surface area is 126 Å². The van der Waals surface area contributed by atoms with E-state index in [2.05, 4.69) is 20.9 Å². The molecule has 0 fully saturated rings. The number of carboxylic acids is 1. The maximum atomic E-state index is 11.0. The molecule has 1 aromatic carbocycles. The second kappa shape index (κ2) is 6.02. The first-order valence-electron chi connectivity index (χ1n) is 5.28. The molecule has 0 bridgehead atoms. The van der Waals surface area contributed by atoms with Gasteiger partial charge in [0.15, 0.2) is 0 Å². The largest absolute Gasteiger partial charge is 0.477 e. The standard InChI is InChI=1S/C12H7BrN2O4S/c13-7-2-1-3-8(4-7)20-11-5-9(12(16)17)10(6-14-11)15(18)19/h1-6H,(H,16,17). The molecule has 0 spiro atoms. The molecule has 102 valence electrons. The number of rotatable bonds is 4. The van der Waals surface area contributed by atoms with Crippen LogP contribution in [0.2, 0.25) is 0 Å². The number of aromatic carboxylic acids is 1. The van der Waals surface area contributed by atoms with E-state index >= 15 is 0 Å². The first-order chi connectivity index (χ1) is 9.47. The maximum Gasteiger partial charge on any atom is 0.342 e. The van der Waals surface area contributed by atoms with Crippen molar-refractivity contribution >= 4 is 39.3 Å². The molecule has 6 nitrogen and oxygen atoms in total. The molecule has 8 heteroatoms. The van der Waals surface area contributed by atoms with Crippen molar-refractivity contribution in [3.8, 4) is 0 Å². The molecule has 0 aliphatic rings. The zero-order valence-corrected chi connectivity index (χ0v) is 12.2. The van der Waals surface area contributed by atoms with Gasteiger partial charge in [-0.2, -0.15) is 0 Å². The summed E-state index contributed by atoms with van der Waals surface area (Å²) in [4.78, 5) is 25.8. The number of pyridine rings is 1. The lowest BCUT2D eigenvalue weighted by molar-refractivity contribution is -0.385. The van der Waals surface area contributed by atoms with Gasteiger partial charge in [0.25, 0.3) is 0 Å². The third kappa shape index (κ3) is 3.34. The number of nitrogens with zero attached hydrogens (tertiary/aromatic N) is 2. The van der Waals surface area contributed by atoms with E-state index in [0.29, 0.717) is 5.03 Å². The molecule has 0 aliphatic heterocycles. The van der Waals surface area contributed by atoms with Gasteiger partial charge in [-0.15, -0.1) is 0 Å². The first-order valence-corrected chi connectivity index (χ1v) is 6.89. The van der Waals surface area contributed by atoms with E-state index in [1.807, 2.05) is 24.3 Å². The van der Waals surface area contributed by atoms with Crippen LogP contribution in [0.1, 0.15) is 10.4 Å². The van der Waals surface area contributed by atoms with Crippen LogP contribution in [0.3, 0.4) is 0 Å². The second-order valence-electron chi connectivity index (χ2n) is 3.66. The summed E-state index contributed by atoms with van der Waals surface area (Å²) in [5, 5.41) is 20.1. The summed E-state index contributed by atoms with van der Waals surface area (Å²) in [6, 6.07) is 8.56. The van der Waals surface area contributed by atoms with Crippen LogP contribution in [0.5, 0.6) is 0 Å². The Morgan fingerprint density at radius 2 is 2.15 bits per heavy atom. The van der Waals surface area contributed by atoms with Crippen LogP contribution in [0.15, 0.2) is 50.9 Å². The van der Waals surface area contributed by atoms with E-state index in [0.717, 1.165) is 15.6 Å². The van der Waals surface area contributed by atoms with Crippen LogP contribution in [0, 0.1) is 10.1 Å². The SMILES string of the molecule is O=C(O)c1cc(Sc2cccc(Br)c2)ncc1[N+](=O)[O-]. The topological polar surface area (TPSA) is 93.3 Å². The summed E-state index contributed by atoms with van der Waals surface area (Å²) in [6.07, 6.45) is 0.962. The number of nitro groups is 1. The van der Waals surface area contributed by atoms with E-state index in [1.54, 1.807) is 0 Å². The number of carbonyl (C=O) groups is 1. The van der Waals surface area contributed by atoms with E-state index in [9.17, 15) is 14.9 Å². The minimum absolute atomic E-state index is 0.373. The lowest BCUT2D eigenvalue weighted by atomic mass is 10.2. The van der Waals surface area contributed by atoms with E-state index in [1.165, 1.54) is 17.8 Å². The zero-order valence-electron chi connectivity index (χ0n) is 9.82. The van der Waals surface area contributed by atoms with E-state index < -0.39 is 16.6 Å². The molecule has 2 aromatic rings. The van der Waals surface area contributed by atoms with Gasteiger partial charge in [0.05, 0.1) is 4.92 Å². The van der Waals surface area contributed by atoms with Gasteiger partial charge in [0.2, 0.25) is 0 Å². The van der Waals surface area contributed by atoms with Crippen molar-refractivity contribution in [2.75, 3.05) is 0 Å². The van der Waals surface area contributed by atoms with Crippen LogP contribution in [0.4, 0.5) is 5.69 Å². The molecule has 1 heterocycles. The van der Waals surface area contributed by atoms with Crippen molar-refractivity contribution < 1.29 is 14.8 Å². The molecule has 0 radical (unpaired) electrons. The van der Waals surface area contributed by atoms with E-state index in [4.69, 9.17) is 5.11 Å². The van der Waals surface area contributed by atoms with Crippen molar-refractivity contribution in [3.05, 3.63) is 56.7 Å². The summed E-state index contributed by atoms with van der Waals surface area (Å²) in [7, 11) is 0. The van der Waals surface area contributed by atoms with Gasteiger partial charge in [-0.05, 0) is 24.3 Å². The highest BCUT2D eigenvalue weighted by Gasteiger charge is 2.21. The van der Waals surface area contributed by atoms with Gasteiger partial charge in [0, 0.05) is 9.37 Å². The molecule has 2 rings (SSSR count). The number of hydrogen-bond donors (Lipinski definition) is 1. The van der Waals surface area contributed by atoms with Crippen molar-refractivity contribution in [1.29, 1.82) is 0 Å². The van der Waals surface area contributed by atoms with Crippen molar-refractivity contribution in [2.45, 2.75) is 9.92 Å². The Kier molecular flexibility index (Phi) is 4.35. The minimum atomic E-state index is -1.35. The number of hydrogen-bond acceptors (Lipinski definition) is 5. The molecule has 0 saturated heterocycles. The summed E-state index contributed by atoms with van der Waals surface area (Å²) in [5.74, 6) is -1.35. The Balaban J connectivity index is 2.36. The van der Waals surface area contributed by atoms with Crippen molar-refractivity contribution in [2.24, 2.45) is 0 Å². The van der Waals surface area contributed by atoms with Gasteiger partial charge in [0.1, 0.15) is 16.8 Å². The van der Waals surface area contributed by atoms with Gasteiger partial charge in [-0.1, -0.05) is 33.8 Å². The third-order valence-electron chi connectivity index (χ3n) is 2.30. The quantitative estimate of drug-likeness (QED) is 0.665. The van der Waals surface area contributed by atoms with Crippen molar-refractivity contribution in [3.63, 3.8) is 0 Å². The Morgan fingerprint density at radius 3 is 2.75 bits per heavy atom. The highest BCUT2D eigenvalue weighted by Crippen LogP contribution is 2.30. The summed E-state index contributed by atoms with van der Waals surface area (Å²) in [6.45, 7) is 0. The fourth-order valence-electron chi connectivity index (χ4n) is 1.45. The molecule has 0 amide bonds. The van der Waals surface area contributed by atoms with Crippen LogP contribution in [0.25, 0.3) is 0 Å². The van der Waals surface area contributed by atoms with Crippen LogP contribution in [-0.2, 0) is 0 Å². The molecular formula is C12H7BrN2O4S. The van der Waals surface area contributed by atoms with E-state index in [-0.39, 0.29) is 5.56 Å². The monoisotopic (exact) mass is 354 g/mol.